The summed E-state index contributed by atoms with van der Waals surface area (Å²) < 4.78 is 0. The van der Waals surface area contributed by atoms with E-state index >= 15 is 0 Å². The van der Waals surface area contributed by atoms with Crippen molar-refractivity contribution in [2.75, 3.05) is 7.05 Å². The highest BCUT2D eigenvalue weighted by atomic mass is 16.2. The van der Waals surface area contributed by atoms with Gasteiger partial charge >= 0.3 is 0 Å². The van der Waals surface area contributed by atoms with E-state index in [1.165, 1.54) is 0 Å². The van der Waals surface area contributed by atoms with Crippen LogP contribution < -0.4 is 5.32 Å². The van der Waals surface area contributed by atoms with E-state index in [1.807, 2.05) is 13.0 Å². The van der Waals surface area contributed by atoms with Crippen molar-refractivity contribution >= 4 is 12.1 Å². The number of carbonyl (C=O) groups excluding carboxylic acids is 1. The molecule has 0 bridgehead atoms. The van der Waals surface area contributed by atoms with Gasteiger partial charge in [0, 0.05) is 13.3 Å². The summed E-state index contributed by atoms with van der Waals surface area (Å²) >= 11 is 0. The SMILES string of the molecule is C=C/C=C1/NC(/N=C\C)=C(/C=C\C)C(=O)N(C)/C1=C/C=C. The first kappa shape index (κ1) is 16.4. The lowest BCUT2D eigenvalue weighted by molar-refractivity contribution is -0.123. The highest BCUT2D eigenvalue weighted by Crippen LogP contribution is 2.23. The Morgan fingerprint density at radius 2 is 1.86 bits per heavy atom. The van der Waals surface area contributed by atoms with E-state index < -0.39 is 0 Å². The summed E-state index contributed by atoms with van der Waals surface area (Å²) in [6.07, 6.45) is 12.1. The number of aliphatic imine (C=N–C) groups is 1. The van der Waals surface area contributed by atoms with Crippen LogP contribution in [0.15, 0.2) is 77.4 Å². The van der Waals surface area contributed by atoms with Gasteiger partial charge in [-0.25, -0.2) is 4.99 Å². The molecule has 110 valence electrons. The standard InChI is InChI=1S/C17H21N3O/c1-6-10-13-16(18-9-4)19-14(11-7-2)15(12-8-3)20(5)17(13)21/h6-12,19H,2-3H2,1,4-5H3/b10-6-,14-11+,15-12+,18-9-. The molecule has 0 aliphatic carbocycles. The Morgan fingerprint density at radius 1 is 1.19 bits per heavy atom. The van der Waals surface area contributed by atoms with Crippen molar-refractivity contribution in [3.8, 4) is 0 Å². The maximum atomic E-state index is 12.6. The molecule has 1 amide bonds. The molecular formula is C17H21N3O. The van der Waals surface area contributed by atoms with Gasteiger partial charge in [-0.1, -0.05) is 31.4 Å². The lowest BCUT2D eigenvalue weighted by Crippen LogP contribution is -2.27. The molecule has 1 aliphatic heterocycles. The minimum absolute atomic E-state index is 0.137. The molecule has 0 unspecified atom stereocenters. The molecule has 0 radical (unpaired) electrons. The number of allylic oxidation sites excluding steroid dienone is 5. The number of carbonyl (C=O) groups is 1. The van der Waals surface area contributed by atoms with Crippen molar-refractivity contribution in [1.82, 2.24) is 10.2 Å². The molecule has 0 aromatic rings. The Labute approximate surface area is 126 Å². The van der Waals surface area contributed by atoms with Crippen LogP contribution in [0.1, 0.15) is 13.8 Å². The maximum absolute atomic E-state index is 12.6. The van der Waals surface area contributed by atoms with Gasteiger partial charge in [-0.3, -0.25) is 4.79 Å². The second-order valence-electron chi connectivity index (χ2n) is 4.24. The minimum Gasteiger partial charge on any atom is -0.338 e. The molecule has 1 aliphatic rings. The molecule has 4 heteroatoms. The largest absolute Gasteiger partial charge is 0.338 e. The summed E-state index contributed by atoms with van der Waals surface area (Å²) in [6, 6.07) is 0. The summed E-state index contributed by atoms with van der Waals surface area (Å²) in [5.74, 6) is 0.370. The van der Waals surface area contributed by atoms with Gasteiger partial charge < -0.3 is 10.2 Å². The van der Waals surface area contributed by atoms with Crippen LogP contribution in [0.4, 0.5) is 0 Å². The fourth-order valence-corrected chi connectivity index (χ4v) is 1.94. The van der Waals surface area contributed by atoms with Crippen molar-refractivity contribution in [3.05, 3.63) is 72.4 Å². The van der Waals surface area contributed by atoms with E-state index in [2.05, 4.69) is 23.5 Å². The van der Waals surface area contributed by atoms with Crippen LogP contribution in [0.2, 0.25) is 0 Å². The van der Waals surface area contributed by atoms with Crippen LogP contribution in [0, 0.1) is 0 Å². The molecule has 0 fully saturated rings. The Balaban J connectivity index is 3.57. The van der Waals surface area contributed by atoms with Gasteiger partial charge in [-0.05, 0) is 32.1 Å². The summed E-state index contributed by atoms with van der Waals surface area (Å²) in [7, 11) is 1.72. The van der Waals surface area contributed by atoms with Gasteiger partial charge in [0.1, 0.15) is 5.82 Å². The van der Waals surface area contributed by atoms with Crippen LogP contribution in [-0.4, -0.2) is 24.1 Å². The highest BCUT2D eigenvalue weighted by molar-refractivity contribution is 5.99. The van der Waals surface area contributed by atoms with Gasteiger partial charge in [0.05, 0.1) is 17.0 Å². The Kier molecular flexibility index (Phi) is 6.14. The zero-order valence-electron chi connectivity index (χ0n) is 12.8. The third-order valence-electron chi connectivity index (χ3n) is 2.83. The zero-order valence-corrected chi connectivity index (χ0v) is 12.8. The van der Waals surface area contributed by atoms with Crippen LogP contribution >= 0.6 is 0 Å². The first-order valence-corrected chi connectivity index (χ1v) is 6.67. The highest BCUT2D eigenvalue weighted by Gasteiger charge is 2.26. The van der Waals surface area contributed by atoms with E-state index in [0.29, 0.717) is 17.1 Å². The topological polar surface area (TPSA) is 44.7 Å². The second-order valence-corrected chi connectivity index (χ2v) is 4.24. The normalized spacial score (nSPS) is 20.5. The Hall–Kier alpha value is -2.62. The molecule has 1 rings (SSSR count). The van der Waals surface area contributed by atoms with Crippen molar-refractivity contribution in [3.63, 3.8) is 0 Å². The Bertz CT molecular complexity index is 589. The summed E-state index contributed by atoms with van der Waals surface area (Å²) in [5.41, 5.74) is 1.94. The van der Waals surface area contributed by atoms with Gasteiger partial charge in [0.2, 0.25) is 0 Å². The maximum Gasteiger partial charge on any atom is 0.261 e. The molecule has 0 aromatic carbocycles. The first-order chi connectivity index (χ1) is 10.1. The van der Waals surface area contributed by atoms with Crippen molar-refractivity contribution in [2.24, 2.45) is 4.99 Å². The van der Waals surface area contributed by atoms with E-state index in [-0.39, 0.29) is 5.91 Å². The number of hydrogen-bond acceptors (Lipinski definition) is 3. The van der Waals surface area contributed by atoms with Crippen molar-refractivity contribution in [2.45, 2.75) is 13.8 Å². The van der Waals surface area contributed by atoms with Crippen LogP contribution in [0.5, 0.6) is 0 Å². The molecule has 1 heterocycles. The third-order valence-corrected chi connectivity index (χ3v) is 2.83. The van der Waals surface area contributed by atoms with Crippen molar-refractivity contribution < 1.29 is 4.79 Å². The molecule has 0 saturated heterocycles. The summed E-state index contributed by atoms with van der Waals surface area (Å²) in [6.45, 7) is 11.1. The molecule has 0 saturated carbocycles. The van der Waals surface area contributed by atoms with Gasteiger partial charge in [-0.15, -0.1) is 0 Å². The predicted molar refractivity (Wildman–Crippen MR) is 88.5 cm³/mol. The number of amides is 1. The van der Waals surface area contributed by atoms with Gasteiger partial charge in [0.25, 0.3) is 5.91 Å². The first-order valence-electron chi connectivity index (χ1n) is 6.67. The number of likely N-dealkylation sites (N-methyl/N-ethyl adjacent to an activating group) is 1. The molecule has 0 atom stereocenters. The van der Waals surface area contributed by atoms with Crippen LogP contribution in [-0.2, 0) is 4.79 Å². The molecule has 21 heavy (non-hydrogen) atoms. The third kappa shape index (κ3) is 3.69. The van der Waals surface area contributed by atoms with E-state index in [9.17, 15) is 4.79 Å². The average molecular weight is 283 g/mol. The zero-order chi connectivity index (χ0) is 15.8. The fourth-order valence-electron chi connectivity index (χ4n) is 1.94. The lowest BCUT2D eigenvalue weighted by atomic mass is 10.2. The van der Waals surface area contributed by atoms with E-state index in [1.54, 1.807) is 55.5 Å². The van der Waals surface area contributed by atoms with Gasteiger partial charge in [-0.2, -0.15) is 0 Å². The molecule has 1 N–H and O–H groups in total. The van der Waals surface area contributed by atoms with Crippen LogP contribution in [0.3, 0.4) is 0 Å². The molecular weight excluding hydrogens is 262 g/mol. The smallest absolute Gasteiger partial charge is 0.261 e. The van der Waals surface area contributed by atoms with Gasteiger partial charge in [0.15, 0.2) is 0 Å². The Morgan fingerprint density at radius 3 is 2.38 bits per heavy atom. The summed E-state index contributed by atoms with van der Waals surface area (Å²) in [5, 5.41) is 3.19. The molecule has 4 nitrogen and oxygen atoms in total. The monoisotopic (exact) mass is 283 g/mol. The van der Waals surface area contributed by atoms with E-state index in [4.69, 9.17) is 0 Å². The van der Waals surface area contributed by atoms with Crippen LogP contribution in [0.25, 0.3) is 0 Å². The average Bonchev–Trinajstić information content (AvgIpc) is 2.55. The number of nitrogens with zero attached hydrogens (tertiary/aromatic N) is 2. The molecule has 0 spiro atoms. The van der Waals surface area contributed by atoms with E-state index in [0.717, 1.165) is 5.70 Å². The molecule has 0 aromatic heterocycles. The second kappa shape index (κ2) is 7.85. The number of rotatable bonds is 4. The summed E-state index contributed by atoms with van der Waals surface area (Å²) in [4.78, 5) is 18.5. The number of hydrogen-bond donors (Lipinski definition) is 1. The predicted octanol–water partition coefficient (Wildman–Crippen LogP) is 3.07. The quantitative estimate of drug-likeness (QED) is 0.806. The minimum atomic E-state index is -0.137. The van der Waals surface area contributed by atoms with Crippen molar-refractivity contribution in [1.29, 1.82) is 0 Å². The lowest BCUT2D eigenvalue weighted by Gasteiger charge is -2.19. The fraction of sp³-hybridized carbons (Fsp3) is 0.176. The number of nitrogens with one attached hydrogen (secondary N) is 1.